The molecule has 0 radical (unpaired) electrons. The Hall–Kier alpha value is -2.48. The number of pyridine rings is 1. The van der Waals surface area contributed by atoms with Crippen molar-refractivity contribution in [2.24, 2.45) is 0 Å². The predicted molar refractivity (Wildman–Crippen MR) is 110 cm³/mol. The molecule has 0 amide bonds. The van der Waals surface area contributed by atoms with E-state index in [1.807, 2.05) is 0 Å². The molecule has 0 saturated heterocycles. The first-order valence-corrected chi connectivity index (χ1v) is 11.0. The van der Waals surface area contributed by atoms with E-state index in [0.29, 0.717) is 17.2 Å². The van der Waals surface area contributed by atoms with E-state index in [9.17, 15) is 12.8 Å². The summed E-state index contributed by atoms with van der Waals surface area (Å²) in [4.78, 5) is 4.33. The van der Waals surface area contributed by atoms with Crippen LogP contribution in [0.2, 0.25) is 0 Å². The number of hydrogen-bond donors (Lipinski definition) is 1. The van der Waals surface area contributed by atoms with Crippen molar-refractivity contribution < 1.29 is 17.5 Å². The second-order valence-corrected chi connectivity index (χ2v) is 8.47. The molecule has 0 aliphatic rings. The molecule has 3 rings (SSSR count). The fraction of sp³-hybridized carbons (Fsp3) is 0.190. The van der Waals surface area contributed by atoms with Gasteiger partial charge in [0.15, 0.2) is 0 Å². The molecular formula is C21H20ClFN2O3S. The summed E-state index contributed by atoms with van der Waals surface area (Å²) in [5.74, 6) is 0.789. The van der Waals surface area contributed by atoms with E-state index in [2.05, 4.69) is 9.71 Å². The highest BCUT2D eigenvalue weighted by atomic mass is 35.5. The summed E-state index contributed by atoms with van der Waals surface area (Å²) in [5.41, 5.74) is 1.71. The van der Waals surface area contributed by atoms with Crippen LogP contribution in [0.4, 0.5) is 4.39 Å². The van der Waals surface area contributed by atoms with Gasteiger partial charge in [0.25, 0.3) is 0 Å². The van der Waals surface area contributed by atoms with Crippen molar-refractivity contribution in [3.05, 3.63) is 83.8 Å². The lowest BCUT2D eigenvalue weighted by atomic mass is 10.1. The Morgan fingerprint density at radius 1 is 1.03 bits per heavy atom. The second-order valence-electron chi connectivity index (χ2n) is 6.33. The normalized spacial score (nSPS) is 11.4. The number of aromatic nitrogens is 1. The first kappa shape index (κ1) is 21.2. The van der Waals surface area contributed by atoms with E-state index in [1.165, 1.54) is 24.4 Å². The molecule has 0 atom stereocenters. The van der Waals surface area contributed by atoms with Gasteiger partial charge in [-0.3, -0.25) is 0 Å². The van der Waals surface area contributed by atoms with Crippen LogP contribution < -0.4 is 9.46 Å². The molecule has 0 aliphatic heterocycles. The van der Waals surface area contributed by atoms with Gasteiger partial charge >= 0.3 is 0 Å². The van der Waals surface area contributed by atoms with E-state index in [1.54, 1.807) is 42.5 Å². The van der Waals surface area contributed by atoms with Crippen LogP contribution in [0.3, 0.4) is 0 Å². The SMILES string of the molecule is O=S(=O)(NCc1ccc(Oc2cccc(F)c2)nc1)c1ccc(CCCCl)cc1. The van der Waals surface area contributed by atoms with Crippen molar-refractivity contribution in [1.29, 1.82) is 0 Å². The fourth-order valence-electron chi connectivity index (χ4n) is 2.59. The first-order valence-electron chi connectivity index (χ1n) is 8.99. The smallest absolute Gasteiger partial charge is 0.240 e. The van der Waals surface area contributed by atoms with Crippen LogP contribution in [0.1, 0.15) is 17.5 Å². The van der Waals surface area contributed by atoms with E-state index in [4.69, 9.17) is 16.3 Å². The van der Waals surface area contributed by atoms with Gasteiger partial charge in [-0.15, -0.1) is 11.6 Å². The maximum atomic E-state index is 13.2. The van der Waals surface area contributed by atoms with Crippen LogP contribution in [-0.2, 0) is 23.0 Å². The third-order valence-corrected chi connectivity index (χ3v) is 5.80. The molecule has 0 spiro atoms. The summed E-state index contributed by atoms with van der Waals surface area (Å²) in [7, 11) is -3.64. The number of aryl methyl sites for hydroxylation is 1. The molecule has 0 fully saturated rings. The molecule has 8 heteroatoms. The summed E-state index contributed by atoms with van der Waals surface area (Å²) in [6.07, 6.45) is 3.16. The first-order chi connectivity index (χ1) is 14.0. The van der Waals surface area contributed by atoms with Crippen molar-refractivity contribution >= 4 is 21.6 Å². The Morgan fingerprint density at radius 3 is 2.45 bits per heavy atom. The number of nitrogens with zero attached hydrogens (tertiary/aromatic N) is 1. The van der Waals surface area contributed by atoms with Gasteiger partial charge < -0.3 is 4.74 Å². The molecule has 5 nitrogen and oxygen atoms in total. The van der Waals surface area contributed by atoms with Crippen molar-refractivity contribution in [2.45, 2.75) is 24.3 Å². The molecule has 1 aromatic heterocycles. The van der Waals surface area contributed by atoms with Crippen molar-refractivity contribution in [3.8, 4) is 11.6 Å². The minimum Gasteiger partial charge on any atom is -0.439 e. The molecule has 29 heavy (non-hydrogen) atoms. The summed E-state index contributed by atoms with van der Waals surface area (Å²) in [6.45, 7) is 0.0869. The van der Waals surface area contributed by atoms with Crippen LogP contribution >= 0.6 is 11.6 Å². The number of nitrogens with one attached hydrogen (secondary N) is 1. The van der Waals surface area contributed by atoms with Gasteiger partial charge in [-0.1, -0.05) is 24.3 Å². The third-order valence-electron chi connectivity index (χ3n) is 4.12. The lowest BCUT2D eigenvalue weighted by molar-refractivity contribution is 0.457. The molecule has 1 heterocycles. The Kier molecular flexibility index (Phi) is 7.19. The van der Waals surface area contributed by atoms with Crippen LogP contribution in [0.5, 0.6) is 11.6 Å². The Labute approximate surface area is 174 Å². The minimum atomic E-state index is -3.64. The molecule has 0 saturated carbocycles. The monoisotopic (exact) mass is 434 g/mol. The van der Waals surface area contributed by atoms with E-state index in [-0.39, 0.29) is 17.3 Å². The molecular weight excluding hydrogens is 415 g/mol. The quantitative estimate of drug-likeness (QED) is 0.497. The highest BCUT2D eigenvalue weighted by Crippen LogP contribution is 2.20. The maximum Gasteiger partial charge on any atom is 0.240 e. The van der Waals surface area contributed by atoms with Gasteiger partial charge in [-0.2, -0.15) is 0 Å². The molecule has 152 valence electrons. The average molecular weight is 435 g/mol. The van der Waals surface area contributed by atoms with E-state index >= 15 is 0 Å². The molecule has 3 aromatic rings. The standard InChI is InChI=1S/C21H20ClFN2O3S/c22-12-2-3-16-6-9-20(10-7-16)29(26,27)25-15-17-8-11-21(24-14-17)28-19-5-1-4-18(23)13-19/h1,4-11,13-14,25H,2-3,12,15H2. The molecule has 1 N–H and O–H groups in total. The molecule has 0 unspecified atom stereocenters. The number of halogens is 2. The highest BCUT2D eigenvalue weighted by molar-refractivity contribution is 7.89. The van der Waals surface area contributed by atoms with Gasteiger partial charge in [0.2, 0.25) is 15.9 Å². The molecule has 2 aromatic carbocycles. The van der Waals surface area contributed by atoms with E-state index < -0.39 is 15.8 Å². The maximum absolute atomic E-state index is 13.2. The molecule has 0 aliphatic carbocycles. The van der Waals surface area contributed by atoms with Crippen LogP contribution in [0.15, 0.2) is 71.8 Å². The van der Waals surface area contributed by atoms with Crippen molar-refractivity contribution in [3.63, 3.8) is 0 Å². The van der Waals surface area contributed by atoms with Crippen molar-refractivity contribution in [1.82, 2.24) is 9.71 Å². The fourth-order valence-corrected chi connectivity index (χ4v) is 3.75. The van der Waals surface area contributed by atoms with Gasteiger partial charge in [0.1, 0.15) is 11.6 Å². The van der Waals surface area contributed by atoms with E-state index in [0.717, 1.165) is 18.4 Å². The second kappa shape index (κ2) is 9.82. The zero-order chi connectivity index (χ0) is 20.7. The lowest BCUT2D eigenvalue weighted by Gasteiger charge is -2.09. The Morgan fingerprint density at radius 2 is 1.79 bits per heavy atom. The minimum absolute atomic E-state index is 0.0869. The number of alkyl halides is 1. The Balaban J connectivity index is 1.58. The zero-order valence-electron chi connectivity index (χ0n) is 15.5. The van der Waals surface area contributed by atoms with Gasteiger partial charge in [-0.05, 0) is 48.2 Å². The molecule has 0 bridgehead atoms. The summed E-state index contributed by atoms with van der Waals surface area (Å²) in [6, 6.07) is 15.8. The number of rotatable bonds is 9. The van der Waals surface area contributed by atoms with Crippen LogP contribution in [0.25, 0.3) is 0 Å². The average Bonchev–Trinajstić information content (AvgIpc) is 2.72. The van der Waals surface area contributed by atoms with Crippen molar-refractivity contribution in [2.75, 3.05) is 5.88 Å². The third kappa shape index (κ3) is 6.25. The number of sulfonamides is 1. The number of ether oxygens (including phenoxy) is 1. The number of hydrogen-bond acceptors (Lipinski definition) is 4. The summed E-state index contributed by atoms with van der Waals surface area (Å²) in [5, 5.41) is 0. The van der Waals surface area contributed by atoms with Gasteiger partial charge in [-0.25, -0.2) is 22.5 Å². The summed E-state index contributed by atoms with van der Waals surface area (Å²) >= 11 is 5.68. The lowest BCUT2D eigenvalue weighted by Crippen LogP contribution is -2.23. The highest BCUT2D eigenvalue weighted by Gasteiger charge is 2.13. The van der Waals surface area contributed by atoms with Crippen LogP contribution in [0, 0.1) is 5.82 Å². The largest absolute Gasteiger partial charge is 0.439 e. The topological polar surface area (TPSA) is 68.3 Å². The Bertz CT molecular complexity index is 1040. The van der Waals surface area contributed by atoms with Crippen LogP contribution in [-0.4, -0.2) is 19.3 Å². The van der Waals surface area contributed by atoms with Gasteiger partial charge in [0, 0.05) is 30.8 Å². The number of benzene rings is 2. The van der Waals surface area contributed by atoms with Gasteiger partial charge in [0.05, 0.1) is 4.90 Å². The predicted octanol–water partition coefficient (Wildman–Crippen LogP) is 4.66. The summed E-state index contributed by atoms with van der Waals surface area (Å²) < 4.78 is 46.1. The zero-order valence-corrected chi connectivity index (χ0v) is 17.1.